The van der Waals surface area contributed by atoms with E-state index in [0.29, 0.717) is 15.8 Å². The van der Waals surface area contributed by atoms with Gasteiger partial charge in [0.1, 0.15) is 24.7 Å². The summed E-state index contributed by atoms with van der Waals surface area (Å²) in [6, 6.07) is 4.75. The first-order chi connectivity index (χ1) is 9.95. The van der Waals surface area contributed by atoms with Crippen molar-refractivity contribution in [3.05, 3.63) is 50.9 Å². The molecule has 9 heteroatoms. The summed E-state index contributed by atoms with van der Waals surface area (Å²) in [6.07, 6.45) is 1.64. The van der Waals surface area contributed by atoms with Crippen LogP contribution in [0.15, 0.2) is 30.7 Å². The van der Waals surface area contributed by atoms with Crippen LogP contribution < -0.4 is 4.74 Å². The number of benzene rings is 1. The van der Waals surface area contributed by atoms with Crippen LogP contribution in [-0.4, -0.2) is 32.3 Å². The topological polar surface area (TPSA) is 90.4 Å². The van der Waals surface area contributed by atoms with E-state index in [9.17, 15) is 15.2 Å². The van der Waals surface area contributed by atoms with Crippen molar-refractivity contribution < 1.29 is 14.8 Å². The van der Waals surface area contributed by atoms with Crippen LogP contribution in [0.1, 0.15) is 0 Å². The Balaban J connectivity index is 1.89. The minimum atomic E-state index is -0.870. The predicted octanol–water partition coefficient (Wildman–Crippen LogP) is 2.54. The molecule has 1 aromatic heterocycles. The molecule has 1 aromatic carbocycles. The molecule has 0 bridgehead atoms. The predicted molar refractivity (Wildman–Crippen MR) is 76.8 cm³/mol. The van der Waals surface area contributed by atoms with Crippen LogP contribution in [0.2, 0.25) is 10.0 Å². The summed E-state index contributed by atoms with van der Waals surface area (Å²) in [7, 11) is 0. The van der Waals surface area contributed by atoms with Crippen LogP contribution in [0.25, 0.3) is 0 Å². The van der Waals surface area contributed by atoms with Gasteiger partial charge in [0.05, 0.1) is 11.6 Å². The number of ether oxygens (including phenoxy) is 1. The van der Waals surface area contributed by atoms with Gasteiger partial charge in [0.25, 0.3) is 0 Å². The van der Waals surface area contributed by atoms with E-state index in [1.54, 1.807) is 12.1 Å². The van der Waals surface area contributed by atoms with Crippen molar-refractivity contribution in [2.45, 2.75) is 12.6 Å². The van der Waals surface area contributed by atoms with Gasteiger partial charge in [-0.05, 0) is 28.1 Å². The molecule has 0 spiro atoms. The maximum absolute atomic E-state index is 10.5. The number of imidazole rings is 1. The number of aliphatic hydroxyl groups is 1. The van der Waals surface area contributed by atoms with Crippen molar-refractivity contribution in [3.63, 3.8) is 0 Å². The minimum Gasteiger partial charge on any atom is -0.489 e. The maximum atomic E-state index is 10.5. The van der Waals surface area contributed by atoms with E-state index in [0.717, 1.165) is 0 Å². The lowest BCUT2D eigenvalue weighted by molar-refractivity contribution is -0.389. The normalized spacial score (nSPS) is 12.1. The fourth-order valence-corrected chi connectivity index (χ4v) is 2.08. The summed E-state index contributed by atoms with van der Waals surface area (Å²) in [5.74, 6) is 0.126. The zero-order valence-corrected chi connectivity index (χ0v) is 12.2. The summed E-state index contributed by atoms with van der Waals surface area (Å²) in [5, 5.41) is 21.2. The molecule has 0 aliphatic rings. The third kappa shape index (κ3) is 4.32. The lowest BCUT2D eigenvalue weighted by Gasteiger charge is -2.13. The van der Waals surface area contributed by atoms with Gasteiger partial charge in [0.15, 0.2) is 0 Å². The van der Waals surface area contributed by atoms with Crippen molar-refractivity contribution in [2.75, 3.05) is 6.61 Å². The van der Waals surface area contributed by atoms with Crippen LogP contribution in [0, 0.1) is 10.1 Å². The average molecular weight is 332 g/mol. The summed E-state index contributed by atoms with van der Waals surface area (Å²) in [5.41, 5.74) is 0. The Morgan fingerprint density at radius 2 is 2.24 bits per heavy atom. The van der Waals surface area contributed by atoms with Gasteiger partial charge in [-0.3, -0.25) is 0 Å². The first-order valence-corrected chi connectivity index (χ1v) is 6.63. The second-order valence-electron chi connectivity index (χ2n) is 4.23. The highest BCUT2D eigenvalue weighted by molar-refractivity contribution is 6.35. The molecule has 1 N–H and O–H groups in total. The van der Waals surface area contributed by atoms with Gasteiger partial charge in [0, 0.05) is 5.02 Å². The first kappa shape index (κ1) is 15.6. The number of aromatic nitrogens is 2. The van der Waals surface area contributed by atoms with Gasteiger partial charge < -0.3 is 24.5 Å². The molecule has 1 atom stereocenters. The molecular formula is C12H11Cl2N3O4. The highest BCUT2D eigenvalue weighted by Crippen LogP contribution is 2.27. The van der Waals surface area contributed by atoms with Crippen molar-refractivity contribution in [3.8, 4) is 5.75 Å². The molecule has 0 saturated heterocycles. The Morgan fingerprint density at radius 3 is 2.86 bits per heavy atom. The number of halogens is 2. The Morgan fingerprint density at radius 1 is 1.48 bits per heavy atom. The second-order valence-corrected chi connectivity index (χ2v) is 5.07. The van der Waals surface area contributed by atoms with Gasteiger partial charge in [0.2, 0.25) is 6.33 Å². The van der Waals surface area contributed by atoms with E-state index in [2.05, 4.69) is 4.98 Å². The molecule has 2 aromatic rings. The molecule has 0 aliphatic carbocycles. The number of nitro groups is 1. The molecule has 0 fully saturated rings. The monoisotopic (exact) mass is 331 g/mol. The van der Waals surface area contributed by atoms with Crippen LogP contribution in [0.3, 0.4) is 0 Å². The molecule has 0 unspecified atom stereocenters. The summed E-state index contributed by atoms with van der Waals surface area (Å²) < 4.78 is 6.78. The molecule has 2 rings (SSSR count). The molecule has 112 valence electrons. The molecule has 7 nitrogen and oxygen atoms in total. The van der Waals surface area contributed by atoms with E-state index in [4.69, 9.17) is 27.9 Å². The number of rotatable bonds is 6. The number of hydrogen-bond donors (Lipinski definition) is 1. The van der Waals surface area contributed by atoms with Crippen LogP contribution in [0.5, 0.6) is 5.75 Å². The van der Waals surface area contributed by atoms with Gasteiger partial charge in [-0.2, -0.15) is 0 Å². The van der Waals surface area contributed by atoms with Crippen molar-refractivity contribution >= 4 is 29.0 Å². The van der Waals surface area contributed by atoms with Crippen molar-refractivity contribution in [1.29, 1.82) is 0 Å². The Kier molecular flexibility index (Phi) is 5.00. The third-order valence-electron chi connectivity index (χ3n) is 2.55. The highest BCUT2D eigenvalue weighted by Gasteiger charge is 2.13. The molecule has 21 heavy (non-hydrogen) atoms. The molecule has 0 saturated carbocycles. The van der Waals surface area contributed by atoms with Crippen molar-refractivity contribution in [2.24, 2.45) is 0 Å². The standard InChI is InChI=1S/C12H11Cl2N3O4/c13-8-1-2-11(10(14)3-8)21-6-9(18)4-16-5-12(15-7-16)17(19)20/h1-3,5,7,9,18H,4,6H2/t9-/m1/s1. The van der Waals surface area contributed by atoms with E-state index in [1.807, 2.05) is 0 Å². The smallest absolute Gasteiger partial charge is 0.381 e. The van der Waals surface area contributed by atoms with Gasteiger partial charge in [-0.25, -0.2) is 0 Å². The molecule has 1 heterocycles. The quantitative estimate of drug-likeness (QED) is 0.648. The lowest BCUT2D eigenvalue weighted by atomic mass is 10.3. The molecule has 0 amide bonds. The fraction of sp³-hybridized carbons (Fsp3) is 0.250. The number of aliphatic hydroxyl groups excluding tert-OH is 1. The van der Waals surface area contributed by atoms with Crippen LogP contribution >= 0.6 is 23.2 Å². The summed E-state index contributed by atoms with van der Waals surface area (Å²) in [6.45, 7) is 0.0966. The summed E-state index contributed by atoms with van der Waals surface area (Å²) >= 11 is 11.7. The first-order valence-electron chi connectivity index (χ1n) is 5.88. The van der Waals surface area contributed by atoms with E-state index in [1.165, 1.54) is 23.2 Å². The Hall–Kier alpha value is -1.83. The minimum absolute atomic E-state index is 0.0205. The lowest BCUT2D eigenvalue weighted by Crippen LogP contribution is -2.23. The van der Waals surface area contributed by atoms with Crippen LogP contribution in [0.4, 0.5) is 5.82 Å². The van der Waals surface area contributed by atoms with Gasteiger partial charge in [-0.1, -0.05) is 23.2 Å². The number of hydrogen-bond acceptors (Lipinski definition) is 5. The van der Waals surface area contributed by atoms with E-state index < -0.39 is 11.0 Å². The zero-order valence-electron chi connectivity index (χ0n) is 10.6. The fourth-order valence-electron chi connectivity index (χ4n) is 1.62. The number of nitrogens with zero attached hydrogens (tertiary/aromatic N) is 3. The molecule has 0 radical (unpaired) electrons. The van der Waals surface area contributed by atoms with E-state index in [-0.39, 0.29) is 19.0 Å². The highest BCUT2D eigenvalue weighted by atomic mass is 35.5. The van der Waals surface area contributed by atoms with Crippen LogP contribution in [-0.2, 0) is 6.54 Å². The largest absolute Gasteiger partial charge is 0.489 e. The Labute approximate surface area is 129 Å². The second kappa shape index (κ2) is 6.75. The third-order valence-corrected chi connectivity index (χ3v) is 3.08. The van der Waals surface area contributed by atoms with Gasteiger partial charge in [-0.15, -0.1) is 0 Å². The SMILES string of the molecule is O=[N+]([O-])c1cn(C[C@@H](O)COc2ccc(Cl)cc2Cl)cn1. The van der Waals surface area contributed by atoms with Crippen molar-refractivity contribution in [1.82, 2.24) is 9.55 Å². The summed E-state index contributed by atoms with van der Waals surface area (Å²) in [4.78, 5) is 13.5. The maximum Gasteiger partial charge on any atom is 0.381 e. The average Bonchev–Trinajstić information content (AvgIpc) is 2.86. The van der Waals surface area contributed by atoms with Gasteiger partial charge >= 0.3 is 5.82 Å². The zero-order chi connectivity index (χ0) is 15.4. The van der Waals surface area contributed by atoms with E-state index >= 15 is 0 Å². The molecular weight excluding hydrogens is 321 g/mol. The molecule has 0 aliphatic heterocycles. The Bertz CT molecular complexity index is 647.